The van der Waals surface area contributed by atoms with E-state index in [0.29, 0.717) is 12.5 Å². The van der Waals surface area contributed by atoms with Gasteiger partial charge in [-0.3, -0.25) is 4.79 Å². The Bertz CT molecular complexity index is 649. The predicted molar refractivity (Wildman–Crippen MR) is 95.7 cm³/mol. The number of hydrogen-bond acceptors (Lipinski definition) is 3. The number of carboxylic acids is 1. The average Bonchev–Trinajstić information content (AvgIpc) is 3.12. The molecule has 5 nitrogen and oxygen atoms in total. The Hall–Kier alpha value is -2.21. The van der Waals surface area contributed by atoms with Crippen LogP contribution >= 0.6 is 0 Å². The third-order valence-electron chi connectivity index (χ3n) is 4.14. The van der Waals surface area contributed by atoms with Crippen LogP contribution in [0.2, 0.25) is 0 Å². The van der Waals surface area contributed by atoms with Gasteiger partial charge in [-0.2, -0.15) is 0 Å². The molecule has 1 unspecified atom stereocenters. The molecule has 6 heteroatoms. The summed E-state index contributed by atoms with van der Waals surface area (Å²) < 4.78 is 12.9. The lowest BCUT2D eigenvalue weighted by molar-refractivity contribution is -0.137. The molecule has 3 rings (SSSR count). The Kier molecular flexibility index (Phi) is 7.60. The second-order valence-electron chi connectivity index (χ2n) is 6.19. The number of aromatic amines is 1. The lowest BCUT2D eigenvalue weighted by Gasteiger charge is -2.21. The first-order valence-corrected chi connectivity index (χ1v) is 8.86. The van der Waals surface area contributed by atoms with Crippen molar-refractivity contribution < 1.29 is 14.3 Å². The first kappa shape index (κ1) is 19.1. The zero-order valence-electron chi connectivity index (χ0n) is 14.6. The smallest absolute Gasteiger partial charge is 0.303 e. The van der Waals surface area contributed by atoms with E-state index in [2.05, 4.69) is 15.3 Å². The van der Waals surface area contributed by atoms with Gasteiger partial charge in [-0.25, -0.2) is 9.37 Å². The second-order valence-corrected chi connectivity index (χ2v) is 6.19. The maximum atomic E-state index is 12.9. The average molecular weight is 347 g/mol. The molecule has 1 atom stereocenters. The second kappa shape index (κ2) is 9.93. The molecule has 1 saturated heterocycles. The van der Waals surface area contributed by atoms with Crippen LogP contribution in [0.3, 0.4) is 0 Å². The molecule has 1 fully saturated rings. The van der Waals surface area contributed by atoms with E-state index in [1.807, 2.05) is 13.1 Å². The van der Waals surface area contributed by atoms with Gasteiger partial charge in [0.05, 0.1) is 17.9 Å². The number of hydrogen-bond donors (Lipinski definition) is 3. The summed E-state index contributed by atoms with van der Waals surface area (Å²) in [5.74, 6) is 0.0725. The number of rotatable bonds is 5. The van der Waals surface area contributed by atoms with E-state index < -0.39 is 5.97 Å². The van der Waals surface area contributed by atoms with Crippen LogP contribution in [0.4, 0.5) is 4.39 Å². The lowest BCUT2D eigenvalue weighted by atomic mass is 10.0. The minimum absolute atomic E-state index is 0.215. The summed E-state index contributed by atoms with van der Waals surface area (Å²) in [5, 5.41) is 11.5. The molecule has 1 aliphatic rings. The van der Waals surface area contributed by atoms with E-state index in [1.165, 1.54) is 25.0 Å². The number of benzene rings is 1. The van der Waals surface area contributed by atoms with Gasteiger partial charge in [0.15, 0.2) is 0 Å². The molecule has 2 heterocycles. The fourth-order valence-electron chi connectivity index (χ4n) is 2.70. The van der Waals surface area contributed by atoms with Crippen molar-refractivity contribution in [3.8, 4) is 11.3 Å². The van der Waals surface area contributed by atoms with E-state index in [9.17, 15) is 9.18 Å². The summed E-state index contributed by atoms with van der Waals surface area (Å²) in [6.07, 6.45) is 7.50. The standard InChI is InChI=1S/C14H16FN3.C5H10O2/c15-11-6-4-10(5-7-11)13-9-17-14(18-13)12-3-1-2-8-16-12;1-2-3-4-5(6)7/h4-7,9,12,16H,1-3,8H2,(H,17,18);2-4H2,1H3,(H,6,7). The number of nitrogens with zero attached hydrogens (tertiary/aromatic N) is 1. The number of halogens is 1. The summed E-state index contributed by atoms with van der Waals surface area (Å²) in [6, 6.07) is 6.79. The molecule has 1 aromatic carbocycles. The van der Waals surface area contributed by atoms with Crippen LogP contribution in [0.25, 0.3) is 11.3 Å². The molecule has 136 valence electrons. The minimum Gasteiger partial charge on any atom is -0.481 e. The Morgan fingerprint density at radius 2 is 2.08 bits per heavy atom. The monoisotopic (exact) mass is 347 g/mol. The number of piperidine rings is 1. The van der Waals surface area contributed by atoms with Crippen molar-refractivity contribution >= 4 is 5.97 Å². The van der Waals surface area contributed by atoms with Crippen LogP contribution < -0.4 is 5.32 Å². The van der Waals surface area contributed by atoms with Gasteiger partial charge in [-0.05, 0) is 55.6 Å². The van der Waals surface area contributed by atoms with Crippen LogP contribution in [-0.4, -0.2) is 27.6 Å². The minimum atomic E-state index is -0.693. The molecule has 0 bridgehead atoms. The first-order valence-electron chi connectivity index (χ1n) is 8.86. The van der Waals surface area contributed by atoms with Gasteiger partial charge in [0.2, 0.25) is 0 Å². The number of aromatic nitrogens is 2. The number of carbonyl (C=O) groups is 1. The van der Waals surface area contributed by atoms with Crippen LogP contribution in [0, 0.1) is 5.82 Å². The van der Waals surface area contributed by atoms with Crippen LogP contribution in [-0.2, 0) is 4.79 Å². The molecule has 0 aliphatic carbocycles. The number of imidazole rings is 1. The predicted octanol–water partition coefficient (Wildman–Crippen LogP) is 4.29. The zero-order valence-corrected chi connectivity index (χ0v) is 14.6. The van der Waals surface area contributed by atoms with Crippen molar-refractivity contribution in [3.63, 3.8) is 0 Å². The molecular weight excluding hydrogens is 321 g/mol. The van der Waals surface area contributed by atoms with E-state index in [4.69, 9.17) is 5.11 Å². The summed E-state index contributed by atoms with van der Waals surface area (Å²) >= 11 is 0. The maximum Gasteiger partial charge on any atom is 0.303 e. The normalized spacial score (nSPS) is 16.8. The van der Waals surface area contributed by atoms with Crippen molar-refractivity contribution in [3.05, 3.63) is 42.1 Å². The van der Waals surface area contributed by atoms with Crippen molar-refractivity contribution in [2.75, 3.05) is 6.54 Å². The molecule has 0 spiro atoms. The molecule has 0 amide bonds. The van der Waals surface area contributed by atoms with Crippen LogP contribution in [0.15, 0.2) is 30.5 Å². The van der Waals surface area contributed by atoms with E-state index >= 15 is 0 Å². The third kappa shape index (κ3) is 6.31. The largest absolute Gasteiger partial charge is 0.481 e. The lowest BCUT2D eigenvalue weighted by Crippen LogP contribution is -2.27. The quantitative estimate of drug-likeness (QED) is 0.754. The van der Waals surface area contributed by atoms with Crippen molar-refractivity contribution in [2.45, 2.75) is 51.5 Å². The van der Waals surface area contributed by atoms with Crippen LogP contribution in [0.5, 0.6) is 0 Å². The van der Waals surface area contributed by atoms with Crippen molar-refractivity contribution in [2.24, 2.45) is 0 Å². The molecular formula is C19H26FN3O2. The summed E-state index contributed by atoms with van der Waals surface area (Å²) in [5.41, 5.74) is 1.91. The van der Waals surface area contributed by atoms with E-state index in [-0.39, 0.29) is 5.82 Å². The van der Waals surface area contributed by atoms with Gasteiger partial charge in [0.25, 0.3) is 0 Å². The number of unbranched alkanes of at least 4 members (excludes halogenated alkanes) is 1. The van der Waals surface area contributed by atoms with Gasteiger partial charge >= 0.3 is 5.97 Å². The summed E-state index contributed by atoms with van der Waals surface area (Å²) in [4.78, 5) is 17.5. The molecule has 3 N–H and O–H groups in total. The molecule has 1 aliphatic heterocycles. The van der Waals surface area contributed by atoms with Gasteiger partial charge in [0, 0.05) is 6.42 Å². The Morgan fingerprint density at radius 3 is 2.64 bits per heavy atom. The van der Waals surface area contributed by atoms with E-state index in [1.54, 1.807) is 12.1 Å². The highest BCUT2D eigenvalue weighted by atomic mass is 19.1. The highest BCUT2D eigenvalue weighted by molar-refractivity contribution is 5.66. The van der Waals surface area contributed by atoms with Crippen LogP contribution in [0.1, 0.15) is 57.3 Å². The van der Waals surface area contributed by atoms with E-state index in [0.717, 1.165) is 42.9 Å². The topological polar surface area (TPSA) is 78.0 Å². The summed E-state index contributed by atoms with van der Waals surface area (Å²) in [7, 11) is 0. The molecule has 0 radical (unpaired) electrons. The Balaban J connectivity index is 0.000000277. The van der Waals surface area contributed by atoms with Gasteiger partial charge in [0.1, 0.15) is 11.6 Å². The third-order valence-corrected chi connectivity index (χ3v) is 4.14. The Labute approximate surface area is 147 Å². The number of aliphatic carboxylic acids is 1. The SMILES string of the molecule is CCCCC(=O)O.Fc1ccc(-c2cnc(C3CCCCN3)[nH]2)cc1. The molecule has 2 aromatic rings. The van der Waals surface area contributed by atoms with Crippen molar-refractivity contribution in [1.82, 2.24) is 15.3 Å². The molecule has 25 heavy (non-hydrogen) atoms. The Morgan fingerprint density at radius 1 is 1.32 bits per heavy atom. The summed E-state index contributed by atoms with van der Waals surface area (Å²) in [6.45, 7) is 3.03. The number of nitrogens with one attached hydrogen (secondary N) is 2. The number of carboxylic acid groups (broad SMARTS) is 1. The van der Waals surface area contributed by atoms with Gasteiger partial charge in [-0.1, -0.05) is 19.8 Å². The highest BCUT2D eigenvalue weighted by Gasteiger charge is 2.17. The van der Waals surface area contributed by atoms with Gasteiger partial charge in [-0.15, -0.1) is 0 Å². The zero-order chi connectivity index (χ0) is 18.1. The maximum absolute atomic E-state index is 12.9. The van der Waals surface area contributed by atoms with Crippen molar-refractivity contribution in [1.29, 1.82) is 0 Å². The van der Waals surface area contributed by atoms with Gasteiger partial charge < -0.3 is 15.4 Å². The fraction of sp³-hybridized carbons (Fsp3) is 0.474. The first-order chi connectivity index (χ1) is 12.1. The molecule has 1 aromatic heterocycles. The highest BCUT2D eigenvalue weighted by Crippen LogP contribution is 2.24. The number of H-pyrrole nitrogens is 1. The molecule has 0 saturated carbocycles. The fourth-order valence-corrected chi connectivity index (χ4v) is 2.70.